The number of hydrogen-bond donors (Lipinski definition) is 0. The van der Waals surface area contributed by atoms with Crippen LogP contribution in [-0.4, -0.2) is 20.5 Å². The quantitative estimate of drug-likeness (QED) is 0.672. The Morgan fingerprint density at radius 1 is 1.19 bits per heavy atom. The molecule has 1 radical (unpaired) electrons. The zero-order valence-electron chi connectivity index (χ0n) is 14.1. The van der Waals surface area contributed by atoms with Gasteiger partial charge in [0.05, 0.1) is 11.7 Å². The molecule has 2 unspecified atom stereocenters. The van der Waals surface area contributed by atoms with Crippen molar-refractivity contribution in [2.45, 2.75) is 64.0 Å². The topological polar surface area (TPSA) is 9.23 Å². The van der Waals surface area contributed by atoms with Gasteiger partial charge in [0.2, 0.25) is 0 Å². The Labute approximate surface area is 150 Å². The van der Waals surface area contributed by atoms with E-state index >= 15 is 0 Å². The van der Waals surface area contributed by atoms with Gasteiger partial charge in [-0.1, -0.05) is 49.5 Å². The van der Waals surface area contributed by atoms with Crippen LogP contribution in [0.4, 0.5) is 0 Å². The minimum Gasteiger partial charge on any atom is -0.373 e. The van der Waals surface area contributed by atoms with Crippen LogP contribution in [0.25, 0.3) is 6.08 Å². The molecule has 1 heterocycles. The average Bonchev–Trinajstić information content (AvgIpc) is 2.93. The summed E-state index contributed by atoms with van der Waals surface area (Å²) in [5, 5.41) is 0. The maximum Gasteiger partial charge on any atom is 0.0631 e. The number of benzene rings is 1. The standard InChI is InChI=1S/C11H14Si.C7H14O.Sc/c1-12(2)11-8-7-9-5-3-4-6-10(9)11;1-6-4-5-7(2,3)8-6;/h3-8,11-12H,1-2H3;6H,4-5H2,1-3H3;. The average molecular weight is 333 g/mol. The molecule has 3 rings (SSSR count). The first-order valence-corrected chi connectivity index (χ1v) is 10.8. The molecule has 0 amide bonds. The SMILES string of the molecule is CC1CCC(C)(C)O1.C[SiH](C)C1C=Cc2ccccc21.[Sc]. The summed E-state index contributed by atoms with van der Waals surface area (Å²) in [5.74, 6) is 0. The summed E-state index contributed by atoms with van der Waals surface area (Å²) in [6.07, 6.45) is 7.58. The van der Waals surface area contributed by atoms with Crippen molar-refractivity contribution in [3.05, 3.63) is 41.5 Å². The fourth-order valence-corrected chi connectivity index (χ4v) is 4.65. The number of hydrogen-bond acceptors (Lipinski definition) is 1. The van der Waals surface area contributed by atoms with Gasteiger partial charge in [-0.3, -0.25) is 0 Å². The molecule has 1 aromatic carbocycles. The Bertz CT molecular complexity index is 482. The molecule has 1 aromatic rings. The molecule has 21 heavy (non-hydrogen) atoms. The molecule has 0 N–H and O–H groups in total. The second-order valence-corrected chi connectivity index (χ2v) is 10.2. The number of ether oxygens (including phenoxy) is 1. The van der Waals surface area contributed by atoms with Crippen molar-refractivity contribution in [3.63, 3.8) is 0 Å². The van der Waals surface area contributed by atoms with Gasteiger partial charge in [-0.2, -0.15) is 0 Å². The van der Waals surface area contributed by atoms with E-state index in [1.165, 1.54) is 18.4 Å². The van der Waals surface area contributed by atoms with Gasteiger partial charge >= 0.3 is 0 Å². The van der Waals surface area contributed by atoms with Crippen LogP contribution in [0.3, 0.4) is 0 Å². The molecule has 0 spiro atoms. The Hall–Kier alpha value is 0.00701. The smallest absolute Gasteiger partial charge is 0.0631 e. The summed E-state index contributed by atoms with van der Waals surface area (Å²) in [6, 6.07) is 8.75. The monoisotopic (exact) mass is 333 g/mol. The van der Waals surface area contributed by atoms with Crippen molar-refractivity contribution in [1.29, 1.82) is 0 Å². The second-order valence-electron chi connectivity index (χ2n) is 6.98. The third kappa shape index (κ3) is 5.29. The van der Waals surface area contributed by atoms with Crippen molar-refractivity contribution >= 4 is 14.9 Å². The van der Waals surface area contributed by atoms with Crippen LogP contribution in [0.15, 0.2) is 30.3 Å². The molecule has 1 nitrogen and oxygen atoms in total. The molecule has 113 valence electrons. The summed E-state index contributed by atoms with van der Waals surface area (Å²) in [6.45, 7) is 11.3. The summed E-state index contributed by atoms with van der Waals surface area (Å²) in [5.41, 5.74) is 3.93. The molecule has 0 bridgehead atoms. The minimum absolute atomic E-state index is 0. The van der Waals surface area contributed by atoms with Gasteiger partial charge in [-0.25, -0.2) is 0 Å². The Kier molecular flexibility index (Phi) is 7.28. The van der Waals surface area contributed by atoms with E-state index in [0.717, 1.165) is 5.54 Å². The van der Waals surface area contributed by atoms with Gasteiger partial charge in [-0.15, -0.1) is 0 Å². The number of fused-ring (bicyclic) bond motifs is 1. The van der Waals surface area contributed by atoms with Crippen molar-refractivity contribution in [1.82, 2.24) is 0 Å². The van der Waals surface area contributed by atoms with Crippen molar-refractivity contribution < 1.29 is 30.6 Å². The van der Waals surface area contributed by atoms with Crippen molar-refractivity contribution in [2.75, 3.05) is 0 Å². The Balaban J connectivity index is 0.000000216. The van der Waals surface area contributed by atoms with E-state index in [0.29, 0.717) is 6.10 Å². The molecule has 0 aromatic heterocycles. The molecule has 1 aliphatic heterocycles. The van der Waals surface area contributed by atoms with E-state index in [2.05, 4.69) is 70.3 Å². The van der Waals surface area contributed by atoms with E-state index in [-0.39, 0.29) is 31.4 Å². The minimum atomic E-state index is -0.547. The fourth-order valence-electron chi connectivity index (χ4n) is 3.07. The van der Waals surface area contributed by atoms with Gasteiger partial charge in [0.15, 0.2) is 0 Å². The van der Waals surface area contributed by atoms with Crippen molar-refractivity contribution in [3.8, 4) is 0 Å². The third-order valence-electron chi connectivity index (χ3n) is 4.23. The molecule has 0 saturated carbocycles. The Morgan fingerprint density at radius 2 is 1.86 bits per heavy atom. The van der Waals surface area contributed by atoms with Crippen LogP contribution >= 0.6 is 0 Å². The van der Waals surface area contributed by atoms with Gasteiger partial charge in [0.1, 0.15) is 0 Å². The van der Waals surface area contributed by atoms with Crippen LogP contribution in [0.2, 0.25) is 13.1 Å². The summed E-state index contributed by atoms with van der Waals surface area (Å²) in [4.78, 5) is 0. The normalized spacial score (nSPS) is 25.0. The molecule has 3 heteroatoms. The summed E-state index contributed by atoms with van der Waals surface area (Å²) >= 11 is 0. The molecule has 2 aliphatic rings. The molecule has 1 aliphatic carbocycles. The van der Waals surface area contributed by atoms with Crippen molar-refractivity contribution in [2.24, 2.45) is 0 Å². The number of allylic oxidation sites excluding steroid dienone is 1. The van der Waals surface area contributed by atoms with Gasteiger partial charge in [-0.05, 0) is 50.3 Å². The predicted molar refractivity (Wildman–Crippen MR) is 91.0 cm³/mol. The van der Waals surface area contributed by atoms with E-state index < -0.39 is 8.80 Å². The van der Waals surface area contributed by atoms with E-state index in [1.807, 2.05) is 0 Å². The maximum atomic E-state index is 5.55. The first-order chi connectivity index (χ1) is 9.39. The maximum absolute atomic E-state index is 5.55. The summed E-state index contributed by atoms with van der Waals surface area (Å²) in [7, 11) is -0.547. The molecule has 2 atom stereocenters. The van der Waals surface area contributed by atoms with Gasteiger partial charge in [0, 0.05) is 34.6 Å². The largest absolute Gasteiger partial charge is 0.373 e. The first kappa shape index (κ1) is 19.1. The molecule has 1 fully saturated rings. The Morgan fingerprint density at radius 3 is 2.33 bits per heavy atom. The van der Waals surface area contributed by atoms with Crippen LogP contribution in [-0.2, 0) is 30.6 Å². The molecular weight excluding hydrogens is 305 g/mol. The molecule has 1 saturated heterocycles. The summed E-state index contributed by atoms with van der Waals surface area (Å²) < 4.78 is 5.55. The molecular formula is C18H28OScSi. The first-order valence-electron chi connectivity index (χ1n) is 7.84. The zero-order valence-corrected chi connectivity index (χ0v) is 17.1. The van der Waals surface area contributed by atoms with Gasteiger partial charge < -0.3 is 4.74 Å². The fraction of sp³-hybridized carbons (Fsp3) is 0.556. The van der Waals surface area contributed by atoms with Crippen LogP contribution in [0.1, 0.15) is 50.3 Å². The van der Waals surface area contributed by atoms with E-state index in [4.69, 9.17) is 4.74 Å². The van der Waals surface area contributed by atoms with Gasteiger partial charge in [0.25, 0.3) is 0 Å². The number of rotatable bonds is 1. The predicted octanol–water partition coefficient (Wildman–Crippen LogP) is 4.78. The third-order valence-corrected chi connectivity index (χ3v) is 6.25. The van der Waals surface area contributed by atoms with E-state index in [9.17, 15) is 0 Å². The zero-order chi connectivity index (χ0) is 14.8. The van der Waals surface area contributed by atoms with Crippen LogP contribution < -0.4 is 0 Å². The van der Waals surface area contributed by atoms with E-state index in [1.54, 1.807) is 5.56 Å². The second kappa shape index (κ2) is 8.03. The van der Waals surface area contributed by atoms with Crippen LogP contribution in [0, 0.1) is 0 Å². The van der Waals surface area contributed by atoms with Crippen LogP contribution in [0.5, 0.6) is 0 Å².